The predicted molar refractivity (Wildman–Crippen MR) is 112 cm³/mol. The molecule has 0 amide bonds. The lowest BCUT2D eigenvalue weighted by Crippen LogP contribution is -2.24. The van der Waals surface area contributed by atoms with Gasteiger partial charge in [0.2, 0.25) is 0 Å². The number of fused-ring (bicyclic) bond motifs is 3. The summed E-state index contributed by atoms with van der Waals surface area (Å²) in [5.41, 5.74) is 9.32. The zero-order chi connectivity index (χ0) is 19.1. The van der Waals surface area contributed by atoms with Crippen molar-refractivity contribution in [2.75, 3.05) is 0 Å². The first-order valence-electron chi connectivity index (χ1n) is 7.87. The Bertz CT molecular complexity index is 1260. The van der Waals surface area contributed by atoms with Gasteiger partial charge in [-0.05, 0) is 28.2 Å². The van der Waals surface area contributed by atoms with E-state index in [4.69, 9.17) is 11.1 Å². The molecule has 0 bridgehead atoms. The van der Waals surface area contributed by atoms with Gasteiger partial charge in [0.05, 0.1) is 32.4 Å². The molecule has 0 saturated carbocycles. The lowest BCUT2D eigenvalue weighted by molar-refractivity contribution is 0.633. The molecular weight excluding hydrogens is 450 g/mol. The van der Waals surface area contributed by atoms with Crippen LogP contribution < -0.4 is 11.3 Å². The van der Waals surface area contributed by atoms with Gasteiger partial charge in [-0.2, -0.15) is 5.10 Å². The van der Waals surface area contributed by atoms with Gasteiger partial charge < -0.3 is 15.7 Å². The summed E-state index contributed by atoms with van der Waals surface area (Å²) in [4.78, 5) is 21.8. The maximum atomic E-state index is 13.0. The molecule has 4 aromatic heterocycles. The molecule has 11 heteroatoms. The van der Waals surface area contributed by atoms with Crippen molar-refractivity contribution in [2.24, 2.45) is 12.8 Å². The van der Waals surface area contributed by atoms with Crippen LogP contribution in [0.1, 0.15) is 10.7 Å². The zero-order valence-electron chi connectivity index (χ0n) is 14.1. The summed E-state index contributed by atoms with van der Waals surface area (Å²) >= 11 is 6.38. The van der Waals surface area contributed by atoms with Crippen molar-refractivity contribution in [1.29, 1.82) is 5.41 Å². The third kappa shape index (κ3) is 3.11. The molecule has 27 heavy (non-hydrogen) atoms. The fourth-order valence-electron chi connectivity index (χ4n) is 2.86. The molecule has 0 spiro atoms. The Morgan fingerprint density at radius 2 is 2.30 bits per heavy atom. The summed E-state index contributed by atoms with van der Waals surface area (Å²) < 4.78 is 5.00. The normalized spacial score (nSPS) is 11.9. The summed E-state index contributed by atoms with van der Waals surface area (Å²) in [6.07, 6.45) is 4.99. The van der Waals surface area contributed by atoms with Crippen LogP contribution in [0.15, 0.2) is 32.6 Å². The summed E-state index contributed by atoms with van der Waals surface area (Å²) in [5, 5.41) is 13.8. The number of nitrogens with one attached hydrogen (secondary N) is 1. The van der Waals surface area contributed by atoms with Crippen LogP contribution in [0.5, 0.6) is 0 Å². The van der Waals surface area contributed by atoms with Crippen LogP contribution in [0.2, 0.25) is 0 Å². The topological polar surface area (TPSA) is 115 Å². The molecule has 0 aliphatic rings. The number of thiazole rings is 2. The number of halogens is 1. The van der Waals surface area contributed by atoms with Crippen LogP contribution in [0.4, 0.5) is 0 Å². The number of hydrogen-bond acceptors (Lipinski definition) is 8. The van der Waals surface area contributed by atoms with Gasteiger partial charge in [0.25, 0.3) is 5.56 Å². The Balaban J connectivity index is 1.79. The van der Waals surface area contributed by atoms with Gasteiger partial charge >= 0.3 is 0 Å². The molecule has 0 saturated heterocycles. The fraction of sp³-hybridized carbons (Fsp3) is 0.188. The maximum absolute atomic E-state index is 13.0. The summed E-state index contributed by atoms with van der Waals surface area (Å²) in [6, 6.07) is 0. The lowest BCUT2D eigenvalue weighted by Gasteiger charge is -2.04. The highest BCUT2D eigenvalue weighted by molar-refractivity contribution is 9.11. The number of nitrogens with two attached hydrogens (primary N) is 1. The van der Waals surface area contributed by atoms with E-state index in [1.54, 1.807) is 22.4 Å². The van der Waals surface area contributed by atoms with E-state index in [9.17, 15) is 4.79 Å². The number of rotatable bonds is 5. The van der Waals surface area contributed by atoms with Crippen LogP contribution in [-0.2, 0) is 20.0 Å². The van der Waals surface area contributed by atoms with Gasteiger partial charge in [0.15, 0.2) is 5.65 Å². The minimum Gasteiger partial charge on any atom is -0.405 e. The molecule has 0 aliphatic carbocycles. The monoisotopic (exact) mass is 463 g/mol. The molecule has 3 N–H and O–H groups in total. The SMILES string of the molecule is Cn1c2nc(CC(=N)/C=C\N)sc2c2cnn(Cc3ncsc3Br)c(=O)c21. The molecule has 0 aliphatic heterocycles. The minimum atomic E-state index is -0.180. The molecule has 0 aromatic carbocycles. The van der Waals surface area contributed by atoms with Crippen molar-refractivity contribution in [3.05, 3.63) is 48.8 Å². The quantitative estimate of drug-likeness (QED) is 0.441. The molecule has 0 radical (unpaired) electrons. The van der Waals surface area contributed by atoms with Crippen molar-refractivity contribution in [3.63, 3.8) is 0 Å². The van der Waals surface area contributed by atoms with Gasteiger partial charge in [-0.3, -0.25) is 4.79 Å². The first kappa shape index (κ1) is 18.0. The van der Waals surface area contributed by atoms with Crippen LogP contribution >= 0.6 is 38.6 Å². The second kappa shape index (κ2) is 6.98. The van der Waals surface area contributed by atoms with Crippen LogP contribution in [-0.4, -0.2) is 30.0 Å². The van der Waals surface area contributed by atoms with Crippen molar-refractivity contribution in [2.45, 2.75) is 13.0 Å². The Labute approximate surface area is 169 Å². The van der Waals surface area contributed by atoms with Crippen LogP contribution in [0, 0.1) is 5.41 Å². The largest absolute Gasteiger partial charge is 0.405 e. The van der Waals surface area contributed by atoms with Crippen molar-refractivity contribution < 1.29 is 0 Å². The molecule has 0 fully saturated rings. The number of aromatic nitrogens is 5. The molecule has 0 unspecified atom stereocenters. The van der Waals surface area contributed by atoms with Crippen molar-refractivity contribution >= 4 is 65.6 Å². The Hall–Kier alpha value is -2.37. The Kier molecular flexibility index (Phi) is 4.66. The second-order valence-corrected chi connectivity index (χ2v) is 9.08. The number of allylic oxidation sites excluding steroid dienone is 1. The lowest BCUT2D eigenvalue weighted by atomic mass is 10.3. The fourth-order valence-corrected chi connectivity index (χ4v) is 4.99. The second-order valence-electron chi connectivity index (χ2n) is 5.82. The predicted octanol–water partition coefficient (Wildman–Crippen LogP) is 2.65. The highest BCUT2D eigenvalue weighted by Crippen LogP contribution is 2.31. The smallest absolute Gasteiger partial charge is 0.291 e. The van der Waals surface area contributed by atoms with Crippen LogP contribution in [0.3, 0.4) is 0 Å². The number of nitrogens with zero attached hydrogens (tertiary/aromatic N) is 5. The van der Waals surface area contributed by atoms with E-state index in [-0.39, 0.29) is 5.56 Å². The minimum absolute atomic E-state index is 0.180. The standard InChI is InChI=1S/C16H14BrN7OS2/c1-23-12-9(13-15(23)22-11(27-13)4-8(19)2-3-18)5-21-24(16(12)25)6-10-14(17)26-7-20-10/h2-3,5,7,19H,4,6,18H2,1H3/b3-2-,19-8?. The van der Waals surface area contributed by atoms with Gasteiger partial charge in [0.1, 0.15) is 10.5 Å². The molecule has 138 valence electrons. The molecule has 0 atom stereocenters. The zero-order valence-corrected chi connectivity index (χ0v) is 17.4. The maximum Gasteiger partial charge on any atom is 0.291 e. The molecule has 8 nitrogen and oxygen atoms in total. The third-order valence-corrected chi connectivity index (χ3v) is 6.85. The van der Waals surface area contributed by atoms with E-state index in [0.717, 1.165) is 30.2 Å². The molecule has 4 heterocycles. The number of hydrogen-bond donors (Lipinski definition) is 2. The van der Waals surface area contributed by atoms with Crippen LogP contribution in [0.25, 0.3) is 21.3 Å². The Morgan fingerprint density at radius 1 is 1.48 bits per heavy atom. The van der Waals surface area contributed by atoms with E-state index in [0.29, 0.717) is 24.2 Å². The highest BCUT2D eigenvalue weighted by atomic mass is 79.9. The number of aryl methyl sites for hydroxylation is 1. The van der Waals surface area contributed by atoms with Gasteiger partial charge in [-0.15, -0.1) is 22.7 Å². The molecule has 4 rings (SSSR count). The average molecular weight is 464 g/mol. The summed E-state index contributed by atoms with van der Waals surface area (Å²) in [5.74, 6) is 0. The van der Waals surface area contributed by atoms with Crippen molar-refractivity contribution in [1.82, 2.24) is 24.3 Å². The first-order chi connectivity index (χ1) is 13.0. The summed E-state index contributed by atoms with van der Waals surface area (Å²) in [6.45, 7) is 0.305. The van der Waals surface area contributed by atoms with E-state index in [2.05, 4.69) is 31.0 Å². The van der Waals surface area contributed by atoms with E-state index < -0.39 is 0 Å². The van der Waals surface area contributed by atoms with E-state index >= 15 is 0 Å². The first-order valence-corrected chi connectivity index (χ1v) is 10.4. The van der Waals surface area contributed by atoms with E-state index in [1.165, 1.54) is 33.6 Å². The molecular formula is C16H14BrN7OS2. The van der Waals surface area contributed by atoms with Crippen molar-refractivity contribution in [3.8, 4) is 0 Å². The average Bonchev–Trinajstić information content (AvgIpc) is 3.28. The third-order valence-electron chi connectivity index (χ3n) is 4.10. The van der Waals surface area contributed by atoms with Gasteiger partial charge in [-0.25, -0.2) is 14.6 Å². The summed E-state index contributed by atoms with van der Waals surface area (Å²) in [7, 11) is 1.82. The Morgan fingerprint density at radius 3 is 3.00 bits per heavy atom. The van der Waals surface area contributed by atoms with Gasteiger partial charge in [-0.1, -0.05) is 0 Å². The molecule has 4 aromatic rings. The highest BCUT2D eigenvalue weighted by Gasteiger charge is 2.19. The van der Waals surface area contributed by atoms with Gasteiger partial charge in [0, 0.05) is 24.6 Å². The van der Waals surface area contributed by atoms with E-state index in [1.807, 2.05) is 7.05 Å².